The summed E-state index contributed by atoms with van der Waals surface area (Å²) < 4.78 is 5.72. The summed E-state index contributed by atoms with van der Waals surface area (Å²) in [6.45, 7) is 7.11. The van der Waals surface area contributed by atoms with Crippen LogP contribution >= 0.6 is 0 Å². The van der Waals surface area contributed by atoms with Crippen molar-refractivity contribution in [3.8, 4) is 5.75 Å². The van der Waals surface area contributed by atoms with Gasteiger partial charge in [0, 0.05) is 25.8 Å². The number of amides is 1. The summed E-state index contributed by atoms with van der Waals surface area (Å²) in [5.74, 6) is 1.84. The van der Waals surface area contributed by atoms with Crippen LogP contribution in [0.4, 0.5) is 5.82 Å². The van der Waals surface area contributed by atoms with Crippen LogP contribution in [0, 0.1) is 13.8 Å². The first kappa shape index (κ1) is 18.2. The molecule has 1 aromatic carbocycles. The van der Waals surface area contributed by atoms with E-state index in [1.54, 1.807) is 0 Å². The van der Waals surface area contributed by atoms with Crippen LogP contribution in [0.25, 0.3) is 0 Å². The fourth-order valence-corrected chi connectivity index (χ4v) is 3.19. The molecule has 5 nitrogen and oxygen atoms in total. The third kappa shape index (κ3) is 4.97. The number of carbonyl (C=O) groups excluding carboxylic acids is 1. The molecule has 0 atom stereocenters. The number of carbonyl (C=O) groups is 1. The summed E-state index contributed by atoms with van der Waals surface area (Å²) in [4.78, 5) is 18.8. The number of pyridine rings is 1. The van der Waals surface area contributed by atoms with Gasteiger partial charge < -0.3 is 15.0 Å². The first-order valence-electron chi connectivity index (χ1n) is 9.28. The van der Waals surface area contributed by atoms with Gasteiger partial charge in [-0.3, -0.25) is 4.79 Å². The van der Waals surface area contributed by atoms with Crippen LogP contribution < -0.4 is 15.0 Å². The van der Waals surface area contributed by atoms with Crippen molar-refractivity contribution < 1.29 is 9.53 Å². The Morgan fingerprint density at radius 2 is 2.00 bits per heavy atom. The zero-order chi connectivity index (χ0) is 18.4. The van der Waals surface area contributed by atoms with Crippen LogP contribution in [0.2, 0.25) is 0 Å². The largest absolute Gasteiger partial charge is 0.493 e. The lowest BCUT2D eigenvalue weighted by Crippen LogP contribution is -2.25. The van der Waals surface area contributed by atoms with E-state index < -0.39 is 0 Å². The van der Waals surface area contributed by atoms with Crippen molar-refractivity contribution in [2.24, 2.45) is 0 Å². The number of rotatable bonds is 7. The maximum Gasteiger partial charge on any atom is 0.223 e. The molecule has 1 aromatic heterocycles. The predicted octanol–water partition coefficient (Wildman–Crippen LogP) is 3.38. The SMILES string of the molecule is Cc1ccc(OCCC(=O)NCc2ccnc(N3CCCC3)c2)c(C)c1. The third-order valence-corrected chi connectivity index (χ3v) is 4.65. The van der Waals surface area contributed by atoms with E-state index in [4.69, 9.17) is 4.74 Å². The molecule has 0 bridgehead atoms. The van der Waals surface area contributed by atoms with E-state index >= 15 is 0 Å². The van der Waals surface area contributed by atoms with Gasteiger partial charge >= 0.3 is 0 Å². The van der Waals surface area contributed by atoms with E-state index in [1.807, 2.05) is 31.3 Å². The highest BCUT2D eigenvalue weighted by molar-refractivity contribution is 5.76. The smallest absolute Gasteiger partial charge is 0.223 e. The molecule has 26 heavy (non-hydrogen) atoms. The van der Waals surface area contributed by atoms with Gasteiger partial charge in [-0.1, -0.05) is 17.7 Å². The van der Waals surface area contributed by atoms with Gasteiger partial charge in [0.1, 0.15) is 11.6 Å². The molecular formula is C21H27N3O2. The minimum absolute atomic E-state index is 0.00528. The summed E-state index contributed by atoms with van der Waals surface area (Å²) >= 11 is 0. The van der Waals surface area contributed by atoms with Crippen LogP contribution in [-0.2, 0) is 11.3 Å². The third-order valence-electron chi connectivity index (χ3n) is 4.65. The van der Waals surface area contributed by atoms with Crippen molar-refractivity contribution in [3.05, 3.63) is 53.2 Å². The summed E-state index contributed by atoms with van der Waals surface area (Å²) in [6, 6.07) is 10.1. The molecule has 1 aliphatic rings. The zero-order valence-electron chi connectivity index (χ0n) is 15.6. The van der Waals surface area contributed by atoms with Gasteiger partial charge in [-0.05, 0) is 56.0 Å². The molecule has 0 spiro atoms. The highest BCUT2D eigenvalue weighted by atomic mass is 16.5. The number of hydrogen-bond acceptors (Lipinski definition) is 4. The second kappa shape index (κ2) is 8.70. The lowest BCUT2D eigenvalue weighted by molar-refractivity contribution is -0.121. The fraction of sp³-hybridized carbons (Fsp3) is 0.429. The molecule has 1 aliphatic heterocycles. The maximum atomic E-state index is 12.1. The Hall–Kier alpha value is -2.56. The Labute approximate surface area is 155 Å². The van der Waals surface area contributed by atoms with Gasteiger partial charge in [0.05, 0.1) is 13.0 Å². The van der Waals surface area contributed by atoms with Gasteiger partial charge in [-0.2, -0.15) is 0 Å². The Balaban J connectivity index is 1.43. The van der Waals surface area contributed by atoms with E-state index in [-0.39, 0.29) is 5.91 Å². The first-order chi connectivity index (χ1) is 12.6. The molecule has 2 aromatic rings. The molecule has 1 amide bonds. The topological polar surface area (TPSA) is 54.5 Å². The molecule has 5 heteroatoms. The average molecular weight is 353 g/mol. The van der Waals surface area contributed by atoms with Crippen molar-refractivity contribution in [1.29, 1.82) is 0 Å². The van der Waals surface area contributed by atoms with E-state index in [1.165, 1.54) is 18.4 Å². The quantitative estimate of drug-likeness (QED) is 0.829. The molecule has 1 fully saturated rings. The van der Waals surface area contributed by atoms with Crippen molar-refractivity contribution in [3.63, 3.8) is 0 Å². The molecule has 138 valence electrons. The monoisotopic (exact) mass is 353 g/mol. The summed E-state index contributed by atoms with van der Waals surface area (Å²) in [7, 11) is 0. The standard InChI is InChI=1S/C21H27N3O2/c1-16-5-6-19(17(2)13-16)26-12-8-21(25)23-15-18-7-9-22-20(14-18)24-10-3-4-11-24/h5-7,9,13-14H,3-4,8,10-12,15H2,1-2H3,(H,23,25). The van der Waals surface area contributed by atoms with Crippen LogP contribution in [-0.4, -0.2) is 30.6 Å². The van der Waals surface area contributed by atoms with E-state index in [2.05, 4.69) is 34.3 Å². The molecular weight excluding hydrogens is 326 g/mol. The molecule has 0 saturated carbocycles. The van der Waals surface area contributed by atoms with Crippen LogP contribution in [0.1, 0.15) is 36.0 Å². The number of aryl methyl sites for hydroxylation is 2. The number of hydrogen-bond donors (Lipinski definition) is 1. The van der Waals surface area contributed by atoms with Crippen molar-refractivity contribution >= 4 is 11.7 Å². The zero-order valence-corrected chi connectivity index (χ0v) is 15.6. The van der Waals surface area contributed by atoms with Gasteiger partial charge in [0.25, 0.3) is 0 Å². The van der Waals surface area contributed by atoms with E-state index in [0.717, 1.165) is 35.8 Å². The van der Waals surface area contributed by atoms with E-state index in [9.17, 15) is 4.79 Å². The maximum absolute atomic E-state index is 12.1. The number of benzene rings is 1. The van der Waals surface area contributed by atoms with Gasteiger partial charge in [-0.25, -0.2) is 4.98 Å². The summed E-state index contributed by atoms with van der Waals surface area (Å²) in [5, 5.41) is 2.96. The van der Waals surface area contributed by atoms with Crippen molar-refractivity contribution in [2.75, 3.05) is 24.6 Å². The van der Waals surface area contributed by atoms with Gasteiger partial charge in [0.2, 0.25) is 5.91 Å². The van der Waals surface area contributed by atoms with Crippen LogP contribution in [0.15, 0.2) is 36.5 Å². The van der Waals surface area contributed by atoms with E-state index in [0.29, 0.717) is 19.6 Å². The average Bonchev–Trinajstić information content (AvgIpc) is 3.17. The normalized spacial score (nSPS) is 13.7. The number of ether oxygens (including phenoxy) is 1. The van der Waals surface area contributed by atoms with Crippen molar-refractivity contribution in [2.45, 2.75) is 39.7 Å². The lowest BCUT2D eigenvalue weighted by Gasteiger charge is -2.17. The lowest BCUT2D eigenvalue weighted by atomic mass is 10.1. The molecule has 3 rings (SSSR count). The Kier molecular flexibility index (Phi) is 6.10. The number of aromatic nitrogens is 1. The second-order valence-electron chi connectivity index (χ2n) is 6.86. The van der Waals surface area contributed by atoms with Crippen LogP contribution in [0.5, 0.6) is 5.75 Å². The van der Waals surface area contributed by atoms with Gasteiger partial charge in [-0.15, -0.1) is 0 Å². The Bertz CT molecular complexity index is 755. The summed E-state index contributed by atoms with van der Waals surface area (Å²) in [5.41, 5.74) is 3.38. The minimum Gasteiger partial charge on any atom is -0.493 e. The number of nitrogens with one attached hydrogen (secondary N) is 1. The molecule has 2 heterocycles. The van der Waals surface area contributed by atoms with Crippen molar-refractivity contribution in [1.82, 2.24) is 10.3 Å². The Morgan fingerprint density at radius 3 is 2.77 bits per heavy atom. The molecule has 0 unspecified atom stereocenters. The second-order valence-corrected chi connectivity index (χ2v) is 6.86. The molecule has 0 radical (unpaired) electrons. The number of nitrogens with zero attached hydrogens (tertiary/aromatic N) is 2. The Morgan fingerprint density at radius 1 is 1.19 bits per heavy atom. The van der Waals surface area contributed by atoms with Crippen LogP contribution in [0.3, 0.4) is 0 Å². The fourth-order valence-electron chi connectivity index (χ4n) is 3.19. The predicted molar refractivity (Wildman–Crippen MR) is 104 cm³/mol. The molecule has 1 N–H and O–H groups in total. The number of anilines is 1. The highest BCUT2D eigenvalue weighted by Crippen LogP contribution is 2.19. The molecule has 1 saturated heterocycles. The van der Waals surface area contributed by atoms with Gasteiger partial charge in [0.15, 0.2) is 0 Å². The molecule has 0 aliphatic carbocycles. The first-order valence-corrected chi connectivity index (χ1v) is 9.28. The summed E-state index contributed by atoms with van der Waals surface area (Å²) in [6.07, 6.45) is 4.61. The highest BCUT2D eigenvalue weighted by Gasteiger charge is 2.13. The minimum atomic E-state index is -0.00528.